The smallest absolute Gasteiger partial charge is 0.401 e. The summed E-state index contributed by atoms with van der Waals surface area (Å²) >= 11 is 0.993. The highest BCUT2D eigenvalue weighted by atomic mass is 32.1. The van der Waals surface area contributed by atoms with Crippen LogP contribution in [0.2, 0.25) is 0 Å². The standard InChI is InChI=1S/C40H37F6N7O3S/c1-5-32(54)52-14-20(2)53-30(21(52)3)12-29(49-53)38-36(34-26(42)10-25(41)11-31(34)56-17-22-8-33(55)50(4)15-22)35-27(43)18-57-39(35)37(48-38)23-9-24-16-51(19-40(44,45)46)7-6-28(24)47-13-23/h5,9-13,18,20-22H,1,6-8,14-17,19H2,2-4H3/t20-,21+,22+/m0/s1. The second-order valence-corrected chi connectivity index (χ2v) is 15.8. The SMILES string of the molecule is C=CC(=O)N1C[C@H](C)n2nc(-c3nc(-c4cnc5c(c4)CN(CC(F)(F)F)CC5)c4scc(F)c4c3-c3c(F)cc(F)cc3OC[C@@H]3CC(=O)N(C)C3)cc2[C@H]1C. The van der Waals surface area contributed by atoms with Crippen LogP contribution in [0.15, 0.2) is 48.5 Å². The molecular formula is C40H37F6N7O3S. The van der Waals surface area contributed by atoms with Gasteiger partial charge in [-0.3, -0.25) is 24.2 Å². The minimum atomic E-state index is -4.40. The third-order valence-electron chi connectivity index (χ3n) is 10.9. The fourth-order valence-electron chi connectivity index (χ4n) is 8.16. The van der Waals surface area contributed by atoms with Crippen LogP contribution < -0.4 is 4.74 Å². The Morgan fingerprint density at radius 1 is 1.07 bits per heavy atom. The van der Waals surface area contributed by atoms with Crippen LogP contribution in [0.3, 0.4) is 0 Å². The van der Waals surface area contributed by atoms with Crippen molar-refractivity contribution in [2.24, 2.45) is 5.92 Å². The molecule has 57 heavy (non-hydrogen) atoms. The van der Waals surface area contributed by atoms with E-state index in [1.165, 1.54) is 22.6 Å². The Balaban J connectivity index is 1.34. The molecule has 298 valence electrons. The van der Waals surface area contributed by atoms with Gasteiger partial charge in [0.1, 0.15) is 34.6 Å². The van der Waals surface area contributed by atoms with Gasteiger partial charge in [-0.05, 0) is 37.6 Å². The summed E-state index contributed by atoms with van der Waals surface area (Å²) in [6.45, 7) is 7.01. The van der Waals surface area contributed by atoms with E-state index >= 15 is 13.2 Å². The normalized spacial score (nSPS) is 19.9. The summed E-state index contributed by atoms with van der Waals surface area (Å²) in [5.74, 6) is -3.61. The number of nitrogens with zero attached hydrogens (tertiary/aromatic N) is 7. The molecule has 4 aromatic heterocycles. The van der Waals surface area contributed by atoms with Crippen LogP contribution >= 0.6 is 11.3 Å². The van der Waals surface area contributed by atoms with Gasteiger partial charge in [-0.2, -0.15) is 18.3 Å². The van der Waals surface area contributed by atoms with Crippen LogP contribution in [-0.4, -0.2) is 92.3 Å². The number of hydrogen-bond acceptors (Lipinski definition) is 8. The topological polar surface area (TPSA) is 96.7 Å². The van der Waals surface area contributed by atoms with Gasteiger partial charge in [-0.25, -0.2) is 18.2 Å². The molecule has 3 atom stereocenters. The summed E-state index contributed by atoms with van der Waals surface area (Å²) in [5.41, 5.74) is 2.31. The van der Waals surface area contributed by atoms with E-state index in [0.29, 0.717) is 48.1 Å². The van der Waals surface area contributed by atoms with Crippen LogP contribution in [0, 0.1) is 23.4 Å². The first-order valence-corrected chi connectivity index (χ1v) is 19.2. The van der Waals surface area contributed by atoms with Crippen molar-refractivity contribution >= 4 is 33.2 Å². The van der Waals surface area contributed by atoms with E-state index < -0.39 is 36.2 Å². The number of carbonyl (C=O) groups is 2. The van der Waals surface area contributed by atoms with Crippen molar-refractivity contribution in [2.45, 2.75) is 51.5 Å². The minimum Gasteiger partial charge on any atom is -0.492 e. The molecule has 0 radical (unpaired) electrons. The fourth-order valence-corrected chi connectivity index (χ4v) is 9.09. The number of hydrogen-bond donors (Lipinski definition) is 0. The maximum atomic E-state index is 16.5. The van der Waals surface area contributed by atoms with Gasteiger partial charge in [0.15, 0.2) is 0 Å². The predicted molar refractivity (Wildman–Crippen MR) is 201 cm³/mol. The first kappa shape index (κ1) is 38.6. The molecular weight excluding hydrogens is 773 g/mol. The number of thiophene rings is 1. The Labute approximate surface area is 327 Å². The monoisotopic (exact) mass is 809 g/mol. The molecule has 3 aliphatic rings. The van der Waals surface area contributed by atoms with Crippen LogP contribution in [0.4, 0.5) is 26.3 Å². The van der Waals surface area contributed by atoms with E-state index in [0.717, 1.165) is 17.4 Å². The van der Waals surface area contributed by atoms with Gasteiger partial charge in [0.2, 0.25) is 11.8 Å². The average molecular weight is 810 g/mol. The lowest BCUT2D eigenvalue weighted by atomic mass is 9.94. The summed E-state index contributed by atoms with van der Waals surface area (Å²) < 4.78 is 96.2. The third-order valence-corrected chi connectivity index (χ3v) is 11.8. The summed E-state index contributed by atoms with van der Waals surface area (Å²) in [4.78, 5) is 39.2. The lowest BCUT2D eigenvalue weighted by Gasteiger charge is -2.36. The molecule has 5 aromatic rings. The van der Waals surface area contributed by atoms with Gasteiger partial charge in [0.25, 0.3) is 0 Å². The van der Waals surface area contributed by atoms with Crippen molar-refractivity contribution in [2.75, 3.05) is 39.8 Å². The molecule has 0 N–H and O–H groups in total. The molecule has 17 heteroatoms. The number of carbonyl (C=O) groups excluding carboxylic acids is 2. The average Bonchev–Trinajstić information content (AvgIpc) is 3.87. The third kappa shape index (κ3) is 7.15. The Hall–Kier alpha value is -5.29. The number of pyridine rings is 2. The fraction of sp³-hybridized carbons (Fsp3) is 0.375. The maximum Gasteiger partial charge on any atom is 0.401 e. The molecule has 0 bridgehead atoms. The number of fused-ring (bicyclic) bond motifs is 3. The molecule has 0 saturated carbocycles. The predicted octanol–water partition coefficient (Wildman–Crippen LogP) is 7.73. The van der Waals surface area contributed by atoms with Crippen LogP contribution in [0.25, 0.3) is 43.9 Å². The number of ether oxygens (including phenoxy) is 1. The van der Waals surface area contributed by atoms with Crippen molar-refractivity contribution in [1.29, 1.82) is 0 Å². The number of rotatable bonds is 8. The Morgan fingerprint density at radius 2 is 1.86 bits per heavy atom. The van der Waals surface area contributed by atoms with E-state index in [2.05, 4.69) is 11.6 Å². The number of aromatic nitrogens is 4. The summed E-state index contributed by atoms with van der Waals surface area (Å²) in [6, 6.07) is 4.27. The van der Waals surface area contributed by atoms with Gasteiger partial charge in [-0.1, -0.05) is 6.58 Å². The zero-order valence-electron chi connectivity index (χ0n) is 31.2. The van der Waals surface area contributed by atoms with E-state index in [9.17, 15) is 22.8 Å². The van der Waals surface area contributed by atoms with Crippen molar-refractivity contribution in [1.82, 2.24) is 34.4 Å². The summed E-state index contributed by atoms with van der Waals surface area (Å²) in [6.07, 6.45) is -1.16. The molecule has 1 aromatic carbocycles. The van der Waals surface area contributed by atoms with Gasteiger partial charge in [-0.15, -0.1) is 11.3 Å². The summed E-state index contributed by atoms with van der Waals surface area (Å²) in [7, 11) is 1.65. The van der Waals surface area contributed by atoms with Gasteiger partial charge < -0.3 is 14.5 Å². The van der Waals surface area contributed by atoms with Crippen molar-refractivity contribution in [3.63, 3.8) is 0 Å². The summed E-state index contributed by atoms with van der Waals surface area (Å²) in [5, 5.41) is 6.07. The van der Waals surface area contributed by atoms with E-state index in [1.54, 1.807) is 33.7 Å². The largest absolute Gasteiger partial charge is 0.492 e. The quantitative estimate of drug-likeness (QED) is 0.117. The first-order valence-electron chi connectivity index (χ1n) is 18.4. The second-order valence-electron chi connectivity index (χ2n) is 14.9. The van der Waals surface area contributed by atoms with Crippen LogP contribution in [0.5, 0.6) is 5.75 Å². The molecule has 0 unspecified atom stereocenters. The van der Waals surface area contributed by atoms with E-state index in [1.807, 2.05) is 13.8 Å². The lowest BCUT2D eigenvalue weighted by Crippen LogP contribution is -2.42. The zero-order valence-corrected chi connectivity index (χ0v) is 32.0. The van der Waals surface area contributed by atoms with Crippen molar-refractivity contribution < 1.29 is 40.7 Å². The number of alkyl halides is 3. The molecule has 1 saturated heterocycles. The van der Waals surface area contributed by atoms with Crippen molar-refractivity contribution in [3.8, 4) is 39.5 Å². The van der Waals surface area contributed by atoms with Crippen LogP contribution in [0.1, 0.15) is 49.3 Å². The van der Waals surface area contributed by atoms with Gasteiger partial charge in [0, 0.05) is 97.9 Å². The number of amides is 2. The first-order chi connectivity index (χ1) is 27.1. The number of benzene rings is 1. The van der Waals surface area contributed by atoms with Crippen molar-refractivity contribution in [3.05, 3.63) is 82.9 Å². The minimum absolute atomic E-state index is 0.0141. The highest BCUT2D eigenvalue weighted by Crippen LogP contribution is 2.49. The molecule has 2 amide bonds. The highest BCUT2D eigenvalue weighted by molar-refractivity contribution is 7.17. The van der Waals surface area contributed by atoms with E-state index in [4.69, 9.17) is 14.8 Å². The highest BCUT2D eigenvalue weighted by Gasteiger charge is 2.36. The van der Waals surface area contributed by atoms with Gasteiger partial charge >= 0.3 is 6.18 Å². The molecule has 3 aliphatic heterocycles. The second kappa shape index (κ2) is 14.6. The van der Waals surface area contributed by atoms with Crippen LogP contribution in [-0.2, 0) is 22.6 Å². The lowest BCUT2D eigenvalue weighted by molar-refractivity contribution is -0.147. The molecule has 7 heterocycles. The molecule has 1 fully saturated rings. The Kier molecular flexibility index (Phi) is 9.87. The maximum absolute atomic E-state index is 16.5. The molecule has 0 spiro atoms. The Morgan fingerprint density at radius 3 is 2.58 bits per heavy atom. The molecule has 8 rings (SSSR count). The number of halogens is 6. The zero-order chi connectivity index (χ0) is 40.5. The van der Waals surface area contributed by atoms with Gasteiger partial charge in [0.05, 0.1) is 46.9 Å². The molecule has 10 nitrogen and oxygen atoms in total. The number of likely N-dealkylation sites (tertiary alicyclic amines) is 1. The Bertz CT molecular complexity index is 2450. The molecule has 0 aliphatic carbocycles. The van der Waals surface area contributed by atoms with E-state index in [-0.39, 0.29) is 93.9 Å².